The highest BCUT2D eigenvalue weighted by molar-refractivity contribution is 6.51. The quantitative estimate of drug-likeness (QED) is 0.238. The molecule has 6 nitrogen and oxygen atoms in total. The van der Waals surface area contributed by atoms with E-state index in [-0.39, 0.29) is 16.9 Å². The van der Waals surface area contributed by atoms with E-state index in [1.807, 2.05) is 55.5 Å². The van der Waals surface area contributed by atoms with E-state index in [4.69, 9.17) is 16.3 Å². The molecule has 1 heterocycles. The van der Waals surface area contributed by atoms with E-state index >= 15 is 0 Å². The number of methoxy groups -OCH3 is 1. The maximum Gasteiger partial charge on any atom is 0.300 e. The summed E-state index contributed by atoms with van der Waals surface area (Å²) in [7, 11) is 1.47. The van der Waals surface area contributed by atoms with Crippen LogP contribution in [0.2, 0.25) is 5.02 Å². The number of anilines is 2. The van der Waals surface area contributed by atoms with Crippen LogP contribution in [0.5, 0.6) is 5.75 Å². The number of Topliss-reactive ketones (excluding diaryl/α,β-unsaturated/α-hetero) is 1. The molecular formula is C29H29ClN2O4. The minimum Gasteiger partial charge on any atom is -0.507 e. The normalized spacial score (nSPS) is 16.9. The number of amides is 1. The molecule has 7 heteroatoms. The molecule has 0 aliphatic carbocycles. The number of hydrogen-bond donors (Lipinski definition) is 1. The number of aliphatic hydroxyl groups is 1. The van der Waals surface area contributed by atoms with E-state index in [2.05, 4.69) is 18.7 Å². The Morgan fingerprint density at radius 2 is 1.72 bits per heavy atom. The summed E-state index contributed by atoms with van der Waals surface area (Å²) in [6, 6.07) is 19.1. The van der Waals surface area contributed by atoms with Crippen molar-refractivity contribution in [1.82, 2.24) is 0 Å². The van der Waals surface area contributed by atoms with E-state index in [9.17, 15) is 14.7 Å². The zero-order valence-electron chi connectivity index (χ0n) is 20.8. The second-order valence-corrected chi connectivity index (χ2v) is 9.05. The number of ketones is 1. The van der Waals surface area contributed by atoms with Gasteiger partial charge in [-0.3, -0.25) is 14.5 Å². The molecule has 1 aliphatic heterocycles. The zero-order chi connectivity index (χ0) is 26.0. The first-order valence-electron chi connectivity index (χ1n) is 11.9. The Labute approximate surface area is 216 Å². The van der Waals surface area contributed by atoms with Gasteiger partial charge in [0.1, 0.15) is 11.5 Å². The number of nitrogens with zero attached hydrogens (tertiary/aromatic N) is 2. The number of benzene rings is 3. The van der Waals surface area contributed by atoms with E-state index in [1.165, 1.54) is 18.1 Å². The standard InChI is InChI=1S/C29H29ClN2O4/c1-5-31(6-2)21-11-13-22(14-12-21)32-26(19-9-7-8-18(3)16-19)25(28(34)29(32)35)27(33)23-17-20(30)10-15-24(23)36-4/h7-17,26,33H,5-6H2,1-4H3/b27-25+. The number of hydrogen-bond acceptors (Lipinski definition) is 5. The summed E-state index contributed by atoms with van der Waals surface area (Å²) >= 11 is 6.20. The zero-order valence-corrected chi connectivity index (χ0v) is 21.5. The first-order chi connectivity index (χ1) is 17.3. The lowest BCUT2D eigenvalue weighted by Gasteiger charge is -2.27. The summed E-state index contributed by atoms with van der Waals surface area (Å²) < 4.78 is 5.40. The average molecular weight is 505 g/mol. The van der Waals surface area contributed by atoms with E-state index < -0.39 is 17.7 Å². The predicted octanol–water partition coefficient (Wildman–Crippen LogP) is 6.13. The maximum atomic E-state index is 13.4. The van der Waals surface area contributed by atoms with Gasteiger partial charge in [-0.2, -0.15) is 0 Å². The van der Waals surface area contributed by atoms with E-state index in [1.54, 1.807) is 12.1 Å². The number of carbonyl (C=O) groups is 2. The lowest BCUT2D eigenvalue weighted by Crippen LogP contribution is -2.29. The molecule has 36 heavy (non-hydrogen) atoms. The van der Waals surface area contributed by atoms with Crippen LogP contribution in [0.4, 0.5) is 11.4 Å². The predicted molar refractivity (Wildman–Crippen MR) is 144 cm³/mol. The van der Waals surface area contributed by atoms with Gasteiger partial charge >= 0.3 is 0 Å². The van der Waals surface area contributed by atoms with Crippen LogP contribution in [0.1, 0.15) is 36.6 Å². The molecule has 1 atom stereocenters. The van der Waals surface area contributed by atoms with E-state index in [0.29, 0.717) is 22.0 Å². The summed E-state index contributed by atoms with van der Waals surface area (Å²) in [6.07, 6.45) is 0. The highest BCUT2D eigenvalue weighted by atomic mass is 35.5. The van der Waals surface area contributed by atoms with Crippen molar-refractivity contribution in [3.8, 4) is 5.75 Å². The summed E-state index contributed by atoms with van der Waals surface area (Å²) in [5.74, 6) is -1.47. The third kappa shape index (κ3) is 4.56. The number of halogens is 1. The van der Waals surface area contributed by atoms with Gasteiger partial charge in [-0.1, -0.05) is 41.4 Å². The molecule has 186 valence electrons. The Bertz CT molecular complexity index is 1330. The molecule has 0 spiro atoms. The molecule has 1 saturated heterocycles. The minimum absolute atomic E-state index is 0.0148. The van der Waals surface area contributed by atoms with Crippen LogP contribution in [-0.2, 0) is 9.59 Å². The molecule has 1 aliphatic rings. The fourth-order valence-electron chi connectivity index (χ4n) is 4.68. The first kappa shape index (κ1) is 25.3. The first-order valence-corrected chi connectivity index (χ1v) is 12.2. The van der Waals surface area contributed by atoms with Gasteiger partial charge < -0.3 is 14.7 Å². The number of ether oxygens (including phenoxy) is 1. The molecule has 1 amide bonds. The fraction of sp³-hybridized carbons (Fsp3) is 0.241. The molecular weight excluding hydrogens is 476 g/mol. The van der Waals surface area contributed by atoms with Crippen LogP contribution < -0.4 is 14.5 Å². The molecule has 0 bridgehead atoms. The monoisotopic (exact) mass is 504 g/mol. The molecule has 3 aromatic rings. The summed E-state index contributed by atoms with van der Waals surface area (Å²) in [6.45, 7) is 7.81. The molecule has 0 radical (unpaired) electrons. The Morgan fingerprint density at radius 3 is 2.33 bits per heavy atom. The maximum absolute atomic E-state index is 13.4. The third-order valence-electron chi connectivity index (χ3n) is 6.48. The van der Waals surface area contributed by atoms with Crippen LogP contribution in [0.25, 0.3) is 5.76 Å². The van der Waals surface area contributed by atoms with E-state index in [0.717, 1.165) is 24.3 Å². The van der Waals surface area contributed by atoms with Crippen molar-refractivity contribution in [2.75, 3.05) is 30.0 Å². The lowest BCUT2D eigenvalue weighted by atomic mass is 9.94. The number of aryl methyl sites for hydroxylation is 1. The largest absolute Gasteiger partial charge is 0.507 e. The molecule has 3 aromatic carbocycles. The second kappa shape index (κ2) is 10.5. The van der Waals surface area contributed by atoms with Crippen molar-refractivity contribution in [2.45, 2.75) is 26.8 Å². The Kier molecular flexibility index (Phi) is 7.36. The molecule has 1 N–H and O–H groups in total. The molecule has 1 unspecified atom stereocenters. The van der Waals surface area contributed by atoms with Crippen molar-refractivity contribution in [3.63, 3.8) is 0 Å². The summed E-state index contributed by atoms with van der Waals surface area (Å²) in [5.41, 5.74) is 3.50. The SMILES string of the molecule is CCN(CC)c1ccc(N2C(=O)C(=O)/C(=C(/O)c3cc(Cl)ccc3OC)C2c2cccc(C)c2)cc1. The van der Waals surface area contributed by atoms with Gasteiger partial charge in [-0.05, 0) is 68.8 Å². The molecule has 0 saturated carbocycles. The molecule has 4 rings (SSSR count). The van der Waals surface area contributed by atoms with Gasteiger partial charge in [0, 0.05) is 29.5 Å². The highest BCUT2D eigenvalue weighted by Crippen LogP contribution is 2.44. The highest BCUT2D eigenvalue weighted by Gasteiger charge is 2.47. The fourth-order valence-corrected chi connectivity index (χ4v) is 4.85. The van der Waals surface area contributed by atoms with Gasteiger partial charge in [0.05, 0.1) is 24.3 Å². The number of carbonyl (C=O) groups excluding carboxylic acids is 2. The Morgan fingerprint density at radius 1 is 1.03 bits per heavy atom. The van der Waals surface area contributed by atoms with Crippen LogP contribution in [0.3, 0.4) is 0 Å². The number of aliphatic hydroxyl groups excluding tert-OH is 1. The Hall–Kier alpha value is -3.77. The van der Waals surface area contributed by atoms with Crippen molar-refractivity contribution < 1.29 is 19.4 Å². The summed E-state index contributed by atoms with van der Waals surface area (Å²) in [4.78, 5) is 30.5. The van der Waals surface area contributed by atoms with Gasteiger partial charge in [-0.25, -0.2) is 0 Å². The van der Waals surface area contributed by atoms with Crippen LogP contribution in [-0.4, -0.2) is 37.0 Å². The minimum atomic E-state index is -0.826. The van der Waals surface area contributed by atoms with Gasteiger partial charge in [0.25, 0.3) is 11.7 Å². The average Bonchev–Trinajstić information content (AvgIpc) is 3.15. The smallest absolute Gasteiger partial charge is 0.300 e. The summed E-state index contributed by atoms with van der Waals surface area (Å²) in [5, 5.41) is 11.8. The van der Waals surface area contributed by atoms with Gasteiger partial charge in [-0.15, -0.1) is 0 Å². The molecule has 0 aromatic heterocycles. The van der Waals surface area contributed by atoms with Crippen LogP contribution >= 0.6 is 11.6 Å². The number of rotatable bonds is 7. The molecule has 1 fully saturated rings. The lowest BCUT2D eigenvalue weighted by molar-refractivity contribution is -0.132. The third-order valence-corrected chi connectivity index (χ3v) is 6.71. The van der Waals surface area contributed by atoms with Crippen molar-refractivity contribution >= 4 is 40.4 Å². The van der Waals surface area contributed by atoms with Crippen molar-refractivity contribution in [1.29, 1.82) is 0 Å². The van der Waals surface area contributed by atoms with Gasteiger partial charge in [0.15, 0.2) is 0 Å². The van der Waals surface area contributed by atoms with Gasteiger partial charge in [0.2, 0.25) is 0 Å². The van der Waals surface area contributed by atoms with Crippen LogP contribution in [0.15, 0.2) is 72.3 Å². The van der Waals surface area contributed by atoms with Crippen LogP contribution in [0, 0.1) is 6.92 Å². The van der Waals surface area contributed by atoms with Crippen molar-refractivity contribution in [3.05, 3.63) is 94.0 Å². The topological polar surface area (TPSA) is 70.1 Å². The second-order valence-electron chi connectivity index (χ2n) is 8.62. The Balaban J connectivity index is 1.92. The van der Waals surface area contributed by atoms with Crippen molar-refractivity contribution in [2.24, 2.45) is 0 Å².